The van der Waals surface area contributed by atoms with Gasteiger partial charge in [0.15, 0.2) is 0 Å². The minimum atomic E-state index is -3.59. The van der Waals surface area contributed by atoms with Gasteiger partial charge in [-0.1, -0.05) is 26.0 Å². The fraction of sp³-hybridized carbons (Fsp3) is 0.458. The quantitative estimate of drug-likeness (QED) is 0.453. The monoisotopic (exact) mass is 495 g/mol. The molecule has 1 fully saturated rings. The molecule has 34 heavy (non-hydrogen) atoms. The van der Waals surface area contributed by atoms with Crippen LogP contribution in [0, 0.1) is 6.92 Å². The lowest BCUT2D eigenvalue weighted by atomic mass is 9.95. The first kappa shape index (κ1) is 26.1. The number of carbonyl (C=O) groups excluding carboxylic acids is 1. The second-order valence-electron chi connectivity index (χ2n) is 9.41. The maximum Gasteiger partial charge on any atom is 0.387 e. The largest absolute Gasteiger partial charge is 0.435 e. The second-order valence-corrected chi connectivity index (χ2v) is 11.2. The lowest BCUT2D eigenvalue weighted by Gasteiger charge is -2.20. The summed E-state index contributed by atoms with van der Waals surface area (Å²) < 4.78 is 47.2. The highest BCUT2D eigenvalue weighted by atomic mass is 32.2. The van der Waals surface area contributed by atoms with Gasteiger partial charge in [0, 0.05) is 5.69 Å². The first-order chi connectivity index (χ1) is 15.7. The van der Waals surface area contributed by atoms with Crippen LogP contribution in [-0.2, 0) is 15.5 Å². The summed E-state index contributed by atoms with van der Waals surface area (Å²) in [5, 5.41) is 18.9. The van der Waals surface area contributed by atoms with Crippen molar-refractivity contribution >= 4 is 21.6 Å². The van der Waals surface area contributed by atoms with E-state index < -0.39 is 28.2 Å². The second kappa shape index (κ2) is 9.59. The van der Waals surface area contributed by atoms with Gasteiger partial charge in [0.2, 0.25) is 0 Å². The van der Waals surface area contributed by atoms with Crippen molar-refractivity contribution in [3.63, 3.8) is 0 Å². The van der Waals surface area contributed by atoms with Crippen LogP contribution in [-0.4, -0.2) is 22.0 Å². The minimum Gasteiger partial charge on any atom is -0.435 e. The summed E-state index contributed by atoms with van der Waals surface area (Å²) >= 11 is 0. The summed E-state index contributed by atoms with van der Waals surface area (Å²) in [7, 11) is -3.59. The Morgan fingerprint density at radius 3 is 2.41 bits per heavy atom. The van der Waals surface area contributed by atoms with Gasteiger partial charge in [0.1, 0.15) is 15.7 Å². The molecule has 0 radical (unpaired) electrons. The van der Waals surface area contributed by atoms with Crippen molar-refractivity contribution < 1.29 is 27.6 Å². The molecular weight excluding hydrogens is 464 g/mol. The number of rotatable bonds is 7. The number of nitrogens with two attached hydrogens (primary N) is 1. The van der Waals surface area contributed by atoms with Gasteiger partial charge in [-0.05, 0) is 85.9 Å². The number of urea groups is 1. The predicted molar refractivity (Wildman–Crippen MR) is 128 cm³/mol. The lowest BCUT2D eigenvalue weighted by Crippen LogP contribution is -2.21. The topological polar surface area (TPSA) is 114 Å². The van der Waals surface area contributed by atoms with Gasteiger partial charge in [0.25, 0.3) is 0 Å². The number of aliphatic hydroxyl groups is 1. The molecule has 3 rings (SSSR count). The van der Waals surface area contributed by atoms with Crippen molar-refractivity contribution in [3.8, 4) is 5.75 Å². The lowest BCUT2D eigenvalue weighted by molar-refractivity contribution is -0.0499. The van der Waals surface area contributed by atoms with Crippen molar-refractivity contribution in [3.05, 3.63) is 52.6 Å². The molecule has 2 aromatic rings. The summed E-state index contributed by atoms with van der Waals surface area (Å²) in [5.41, 5.74) is 1.78. The summed E-state index contributed by atoms with van der Waals surface area (Å²) in [5.74, 6) is 0.0152. The zero-order valence-electron chi connectivity index (χ0n) is 19.9. The molecule has 0 bridgehead atoms. The molecule has 186 valence electrons. The Hall–Kier alpha value is -2.56. The van der Waals surface area contributed by atoms with E-state index in [0.717, 1.165) is 12.8 Å². The molecule has 0 saturated heterocycles. The van der Waals surface area contributed by atoms with E-state index in [1.807, 2.05) is 13.8 Å². The predicted octanol–water partition coefficient (Wildman–Crippen LogP) is 5.76. The number of amides is 2. The summed E-state index contributed by atoms with van der Waals surface area (Å²) in [6, 6.07) is 6.81. The van der Waals surface area contributed by atoms with E-state index in [-0.39, 0.29) is 22.5 Å². The molecule has 0 aromatic heterocycles. The standard InChI is InChI=1S/C24H31F2N3O4S/c1-13(2)18-11-17(33-22(25)26)12-19(15-6-7-15)21(18)28-23(30)29-34(27,32)20-9-8-16(10-14(20)3)24(4,5)31/h8-13,15,22,31H,6-7H2,1-5H3,(H3,27,28,29,30,32). The third-order valence-electron chi connectivity index (χ3n) is 5.68. The zero-order chi connectivity index (χ0) is 25.4. The normalized spacial score (nSPS) is 15.9. The van der Waals surface area contributed by atoms with Crippen LogP contribution in [0.15, 0.2) is 39.6 Å². The number of alkyl halides is 2. The first-order valence-corrected chi connectivity index (χ1v) is 12.6. The number of benzene rings is 2. The van der Waals surface area contributed by atoms with E-state index >= 15 is 0 Å². The van der Waals surface area contributed by atoms with Crippen molar-refractivity contribution in [2.75, 3.05) is 5.32 Å². The number of anilines is 1. The minimum absolute atomic E-state index is 0.0284. The average Bonchev–Trinajstić information content (AvgIpc) is 3.51. The van der Waals surface area contributed by atoms with E-state index in [9.17, 15) is 22.9 Å². The molecule has 4 N–H and O–H groups in total. The van der Waals surface area contributed by atoms with Gasteiger partial charge in [-0.2, -0.15) is 8.78 Å². The average molecular weight is 496 g/mol. The molecule has 1 atom stereocenters. The fourth-order valence-electron chi connectivity index (χ4n) is 3.81. The van der Waals surface area contributed by atoms with E-state index in [1.165, 1.54) is 18.2 Å². The van der Waals surface area contributed by atoms with Gasteiger partial charge in [-0.25, -0.2) is 14.1 Å². The van der Waals surface area contributed by atoms with Crippen LogP contribution >= 0.6 is 0 Å². The van der Waals surface area contributed by atoms with E-state index in [2.05, 4.69) is 14.4 Å². The first-order valence-electron chi connectivity index (χ1n) is 11.0. The molecule has 7 nitrogen and oxygen atoms in total. The molecule has 10 heteroatoms. The molecule has 0 heterocycles. The van der Waals surface area contributed by atoms with Crippen molar-refractivity contribution in [2.24, 2.45) is 9.50 Å². The Morgan fingerprint density at radius 1 is 1.26 bits per heavy atom. The highest BCUT2D eigenvalue weighted by Crippen LogP contribution is 2.47. The Labute approximate surface area is 199 Å². The van der Waals surface area contributed by atoms with E-state index in [1.54, 1.807) is 32.9 Å². The highest BCUT2D eigenvalue weighted by molar-refractivity contribution is 7.91. The molecule has 2 aromatic carbocycles. The highest BCUT2D eigenvalue weighted by Gasteiger charge is 2.30. The molecule has 1 aliphatic rings. The maximum absolute atomic E-state index is 13.2. The Kier molecular flexibility index (Phi) is 7.35. The van der Waals surface area contributed by atoms with Crippen molar-refractivity contribution in [1.29, 1.82) is 0 Å². The number of nitrogens with one attached hydrogen (secondary N) is 1. The SMILES string of the molecule is Cc1cc(C(C)(C)O)ccc1S(N)(=O)=NC(=O)Nc1c(C(C)C)cc(OC(F)F)cc1C1CC1. The van der Waals surface area contributed by atoms with Crippen LogP contribution in [0.25, 0.3) is 0 Å². The number of hydrogen-bond acceptors (Lipinski definition) is 4. The van der Waals surface area contributed by atoms with E-state index in [0.29, 0.717) is 27.9 Å². The van der Waals surface area contributed by atoms with Crippen LogP contribution in [0.5, 0.6) is 5.75 Å². The Balaban J connectivity index is 1.98. The molecule has 1 aliphatic carbocycles. The molecular formula is C24H31F2N3O4S. The number of halogens is 2. The van der Waals surface area contributed by atoms with Crippen LogP contribution in [0.4, 0.5) is 19.3 Å². The Bertz CT molecular complexity index is 1190. The van der Waals surface area contributed by atoms with E-state index in [4.69, 9.17) is 5.14 Å². The summed E-state index contributed by atoms with van der Waals surface area (Å²) in [6.07, 6.45) is 1.71. The maximum atomic E-state index is 13.2. The van der Waals surface area contributed by atoms with Gasteiger partial charge in [-0.3, -0.25) is 0 Å². The Morgan fingerprint density at radius 2 is 1.91 bits per heavy atom. The molecule has 2 amide bonds. The zero-order valence-corrected chi connectivity index (χ0v) is 20.7. The number of nitrogens with zero attached hydrogens (tertiary/aromatic N) is 1. The summed E-state index contributed by atoms with van der Waals surface area (Å²) in [6.45, 7) is 5.69. The van der Waals surface area contributed by atoms with Gasteiger partial charge in [0.05, 0.1) is 10.5 Å². The van der Waals surface area contributed by atoms with Crippen LogP contribution in [0.1, 0.15) is 74.6 Å². The number of aryl methyl sites for hydroxylation is 1. The number of hydrogen-bond donors (Lipinski definition) is 3. The molecule has 0 aliphatic heterocycles. The molecule has 1 unspecified atom stereocenters. The number of carbonyl (C=O) groups is 1. The van der Waals surface area contributed by atoms with Gasteiger partial charge < -0.3 is 15.2 Å². The number of ether oxygens (including phenoxy) is 1. The molecule has 0 spiro atoms. The van der Waals surface area contributed by atoms with Crippen molar-refractivity contribution in [2.45, 2.75) is 76.4 Å². The summed E-state index contributed by atoms with van der Waals surface area (Å²) in [4.78, 5) is 13.0. The van der Waals surface area contributed by atoms with Gasteiger partial charge in [-0.15, -0.1) is 4.36 Å². The van der Waals surface area contributed by atoms with Crippen LogP contribution in [0.3, 0.4) is 0 Å². The third-order valence-corrected chi connectivity index (χ3v) is 7.21. The van der Waals surface area contributed by atoms with Crippen molar-refractivity contribution in [1.82, 2.24) is 0 Å². The smallest absolute Gasteiger partial charge is 0.387 e. The van der Waals surface area contributed by atoms with Gasteiger partial charge >= 0.3 is 12.6 Å². The van der Waals surface area contributed by atoms with Crippen LogP contribution in [0.2, 0.25) is 0 Å². The fourth-order valence-corrected chi connectivity index (χ4v) is 4.98. The third kappa shape index (κ3) is 6.11. The van der Waals surface area contributed by atoms with Crippen LogP contribution < -0.4 is 15.2 Å². The molecule has 1 saturated carbocycles.